The summed E-state index contributed by atoms with van der Waals surface area (Å²) in [5.74, 6) is -0.187. The average molecular weight is 495 g/mol. The molecule has 182 valence electrons. The van der Waals surface area contributed by atoms with E-state index in [2.05, 4.69) is 22.3 Å². The molecule has 1 fully saturated rings. The summed E-state index contributed by atoms with van der Waals surface area (Å²) in [6, 6.07) is 14.5. The Kier molecular flexibility index (Phi) is 7.76. The topological polar surface area (TPSA) is 114 Å². The number of nitro groups is 1. The van der Waals surface area contributed by atoms with Gasteiger partial charge < -0.3 is 14.4 Å². The van der Waals surface area contributed by atoms with Crippen LogP contribution in [0.2, 0.25) is 0 Å². The number of aryl methyl sites for hydroxylation is 2. The van der Waals surface area contributed by atoms with Gasteiger partial charge in [0.25, 0.3) is 11.6 Å². The molecule has 2 amide bonds. The number of nitro benzene ring substituents is 1. The van der Waals surface area contributed by atoms with Gasteiger partial charge in [-0.25, -0.2) is 0 Å². The third kappa shape index (κ3) is 6.04. The molecule has 4 rings (SSSR count). The molecule has 0 unspecified atom stereocenters. The largest absolute Gasteiger partial charge is 0.339 e. The van der Waals surface area contributed by atoms with Gasteiger partial charge in [-0.05, 0) is 42.3 Å². The van der Waals surface area contributed by atoms with Crippen LogP contribution >= 0.6 is 11.8 Å². The summed E-state index contributed by atoms with van der Waals surface area (Å²) in [6.45, 7) is 1.70. The van der Waals surface area contributed by atoms with Gasteiger partial charge in [0.2, 0.25) is 5.91 Å². The summed E-state index contributed by atoms with van der Waals surface area (Å²) in [4.78, 5) is 40.6. The number of nitrogens with zero attached hydrogens (tertiary/aromatic N) is 6. The molecular formula is C24H26N6O4S. The van der Waals surface area contributed by atoms with Gasteiger partial charge in [0.15, 0.2) is 5.16 Å². The number of hydrogen-bond donors (Lipinski definition) is 0. The molecule has 0 saturated carbocycles. The monoisotopic (exact) mass is 494 g/mol. The standard InChI is InChI=1S/C24H26N6O4S/c1-27-17-25-26-24(27)35-21-11-10-19(16-20(21)30(33)34)23(32)29-14-12-28(13-15-29)22(31)9-5-8-18-6-3-2-4-7-18/h2-4,6-7,10-11,16-17H,5,8-9,12-15H2,1H3. The van der Waals surface area contributed by atoms with Crippen molar-refractivity contribution in [1.82, 2.24) is 24.6 Å². The fourth-order valence-corrected chi connectivity index (χ4v) is 4.78. The zero-order valence-corrected chi connectivity index (χ0v) is 20.2. The Labute approximate surface area is 207 Å². The number of aromatic nitrogens is 3. The molecule has 0 bridgehead atoms. The van der Waals surface area contributed by atoms with Gasteiger partial charge in [-0.2, -0.15) is 0 Å². The molecule has 3 aromatic rings. The summed E-state index contributed by atoms with van der Waals surface area (Å²) in [5, 5.41) is 19.9. The lowest BCUT2D eigenvalue weighted by atomic mass is 10.1. The Morgan fingerprint density at radius 2 is 1.77 bits per heavy atom. The van der Waals surface area contributed by atoms with Crippen molar-refractivity contribution in [1.29, 1.82) is 0 Å². The highest BCUT2D eigenvalue weighted by Gasteiger charge is 2.27. The molecule has 2 aromatic carbocycles. The van der Waals surface area contributed by atoms with E-state index >= 15 is 0 Å². The fourth-order valence-electron chi connectivity index (χ4n) is 3.93. The normalized spacial score (nSPS) is 13.6. The van der Waals surface area contributed by atoms with Crippen LogP contribution < -0.4 is 0 Å². The van der Waals surface area contributed by atoms with E-state index in [1.54, 1.807) is 33.5 Å². The molecule has 0 spiro atoms. The van der Waals surface area contributed by atoms with E-state index < -0.39 is 4.92 Å². The van der Waals surface area contributed by atoms with E-state index in [1.807, 2.05) is 18.2 Å². The van der Waals surface area contributed by atoms with E-state index in [4.69, 9.17) is 0 Å². The Bertz CT molecular complexity index is 1210. The van der Waals surface area contributed by atoms with Gasteiger partial charge in [-0.15, -0.1) is 10.2 Å². The molecule has 35 heavy (non-hydrogen) atoms. The van der Waals surface area contributed by atoms with E-state index in [0.29, 0.717) is 42.7 Å². The van der Waals surface area contributed by atoms with E-state index in [1.165, 1.54) is 18.0 Å². The second kappa shape index (κ2) is 11.1. The van der Waals surface area contributed by atoms with Crippen molar-refractivity contribution >= 4 is 29.3 Å². The van der Waals surface area contributed by atoms with Crippen molar-refractivity contribution in [3.05, 3.63) is 76.1 Å². The number of piperazine rings is 1. The van der Waals surface area contributed by atoms with Crippen LogP contribution in [0.1, 0.15) is 28.8 Å². The second-order valence-electron chi connectivity index (χ2n) is 8.28. The lowest BCUT2D eigenvalue weighted by molar-refractivity contribution is -0.387. The zero-order valence-electron chi connectivity index (χ0n) is 19.4. The van der Waals surface area contributed by atoms with E-state index in [9.17, 15) is 19.7 Å². The van der Waals surface area contributed by atoms with Crippen LogP contribution in [0, 0.1) is 10.1 Å². The van der Waals surface area contributed by atoms with Gasteiger partial charge in [-0.3, -0.25) is 19.7 Å². The highest BCUT2D eigenvalue weighted by molar-refractivity contribution is 7.99. The van der Waals surface area contributed by atoms with E-state index in [0.717, 1.165) is 24.6 Å². The molecule has 1 aliphatic rings. The summed E-state index contributed by atoms with van der Waals surface area (Å²) < 4.78 is 1.66. The van der Waals surface area contributed by atoms with Gasteiger partial charge in [0.05, 0.1) is 9.82 Å². The van der Waals surface area contributed by atoms with Crippen molar-refractivity contribution in [3.8, 4) is 0 Å². The average Bonchev–Trinajstić information content (AvgIpc) is 3.28. The maximum absolute atomic E-state index is 13.0. The zero-order chi connectivity index (χ0) is 24.8. The third-order valence-corrected chi connectivity index (χ3v) is 7.01. The third-order valence-electron chi connectivity index (χ3n) is 5.89. The minimum atomic E-state index is -0.498. The van der Waals surface area contributed by atoms with Crippen LogP contribution in [0.3, 0.4) is 0 Å². The first-order valence-electron chi connectivity index (χ1n) is 11.3. The number of amides is 2. The summed E-state index contributed by atoms with van der Waals surface area (Å²) >= 11 is 1.12. The molecule has 10 nitrogen and oxygen atoms in total. The summed E-state index contributed by atoms with van der Waals surface area (Å²) in [5.41, 5.74) is 1.31. The number of carbonyl (C=O) groups is 2. The lowest BCUT2D eigenvalue weighted by Crippen LogP contribution is -2.50. The highest BCUT2D eigenvalue weighted by atomic mass is 32.2. The van der Waals surface area contributed by atoms with E-state index in [-0.39, 0.29) is 23.1 Å². The number of benzene rings is 2. The molecule has 1 aliphatic heterocycles. The lowest BCUT2D eigenvalue weighted by Gasteiger charge is -2.35. The van der Waals surface area contributed by atoms with Crippen LogP contribution in [0.25, 0.3) is 0 Å². The predicted molar refractivity (Wildman–Crippen MR) is 130 cm³/mol. The van der Waals surface area contributed by atoms with Crippen molar-refractivity contribution in [2.75, 3.05) is 26.2 Å². The minimum absolute atomic E-state index is 0.0915. The fraction of sp³-hybridized carbons (Fsp3) is 0.333. The van der Waals surface area contributed by atoms with Gasteiger partial charge >= 0.3 is 0 Å². The number of hydrogen-bond acceptors (Lipinski definition) is 7. The summed E-state index contributed by atoms with van der Waals surface area (Å²) in [6.07, 6.45) is 3.62. The molecule has 0 N–H and O–H groups in total. The smallest absolute Gasteiger partial charge is 0.284 e. The molecule has 0 aliphatic carbocycles. The first-order valence-corrected chi connectivity index (χ1v) is 12.2. The summed E-state index contributed by atoms with van der Waals surface area (Å²) in [7, 11) is 1.75. The molecule has 2 heterocycles. The van der Waals surface area contributed by atoms with Crippen LogP contribution in [-0.4, -0.2) is 67.5 Å². The van der Waals surface area contributed by atoms with Gasteiger partial charge in [0.1, 0.15) is 6.33 Å². The highest BCUT2D eigenvalue weighted by Crippen LogP contribution is 2.34. The second-order valence-corrected chi connectivity index (χ2v) is 9.29. The molecule has 0 atom stereocenters. The van der Waals surface area contributed by atoms with Crippen molar-refractivity contribution in [2.24, 2.45) is 7.05 Å². The van der Waals surface area contributed by atoms with Crippen LogP contribution in [0.15, 0.2) is 64.9 Å². The maximum atomic E-state index is 13.0. The Hall–Kier alpha value is -3.73. The van der Waals surface area contributed by atoms with Crippen LogP contribution in [0.4, 0.5) is 5.69 Å². The van der Waals surface area contributed by atoms with Gasteiger partial charge in [0, 0.05) is 51.3 Å². The molecule has 0 radical (unpaired) electrons. The Morgan fingerprint density at radius 3 is 2.43 bits per heavy atom. The Balaban J connectivity index is 1.33. The Morgan fingerprint density at radius 1 is 1.06 bits per heavy atom. The number of rotatable bonds is 8. The van der Waals surface area contributed by atoms with Crippen LogP contribution in [0.5, 0.6) is 0 Å². The van der Waals surface area contributed by atoms with Crippen LogP contribution in [-0.2, 0) is 18.3 Å². The number of carbonyl (C=O) groups excluding carboxylic acids is 2. The maximum Gasteiger partial charge on any atom is 0.284 e. The SMILES string of the molecule is Cn1cnnc1Sc1ccc(C(=O)N2CCN(C(=O)CCCc3ccccc3)CC2)cc1[N+](=O)[O-]. The van der Waals surface area contributed by atoms with Crippen molar-refractivity contribution in [2.45, 2.75) is 29.3 Å². The molecule has 1 aromatic heterocycles. The predicted octanol–water partition coefficient (Wildman–Crippen LogP) is 3.18. The first kappa shape index (κ1) is 24.4. The van der Waals surface area contributed by atoms with Crippen molar-refractivity contribution < 1.29 is 14.5 Å². The quantitative estimate of drug-likeness (QED) is 0.349. The van der Waals surface area contributed by atoms with Gasteiger partial charge in [-0.1, -0.05) is 30.3 Å². The molecule has 1 saturated heterocycles. The van der Waals surface area contributed by atoms with Crippen molar-refractivity contribution in [3.63, 3.8) is 0 Å². The first-order chi connectivity index (χ1) is 16.9. The molecule has 11 heteroatoms. The molecular weight excluding hydrogens is 468 g/mol. The minimum Gasteiger partial charge on any atom is -0.339 e.